The van der Waals surface area contributed by atoms with E-state index < -0.39 is 0 Å². The Labute approximate surface area is 132 Å². The van der Waals surface area contributed by atoms with Gasteiger partial charge in [-0.25, -0.2) is 0 Å². The zero-order chi connectivity index (χ0) is 16.0. The van der Waals surface area contributed by atoms with Crippen molar-refractivity contribution >= 4 is 12.3 Å². The average molecular weight is 303 g/mol. The van der Waals surface area contributed by atoms with Crippen LogP contribution in [0.4, 0.5) is 0 Å². The summed E-state index contributed by atoms with van der Waals surface area (Å²) in [6.07, 6.45) is 11.4. The summed E-state index contributed by atoms with van der Waals surface area (Å²) in [5, 5.41) is 3.57. The molecule has 1 aliphatic rings. The SMILES string of the molecule is COc1cc(C=NN)cc(C=CC2(N)CCCCC2)c1OC. The molecule has 4 N–H and O–H groups in total. The van der Waals surface area contributed by atoms with Crippen LogP contribution in [0.2, 0.25) is 0 Å². The van der Waals surface area contributed by atoms with Crippen LogP contribution in [0.1, 0.15) is 43.2 Å². The lowest BCUT2D eigenvalue weighted by Gasteiger charge is -2.30. The highest BCUT2D eigenvalue weighted by molar-refractivity contribution is 5.83. The van der Waals surface area contributed by atoms with E-state index in [4.69, 9.17) is 21.1 Å². The van der Waals surface area contributed by atoms with E-state index in [2.05, 4.69) is 11.2 Å². The minimum Gasteiger partial charge on any atom is -0.493 e. The Morgan fingerprint density at radius 2 is 1.86 bits per heavy atom. The van der Waals surface area contributed by atoms with E-state index in [0.717, 1.165) is 24.0 Å². The topological polar surface area (TPSA) is 82.9 Å². The van der Waals surface area contributed by atoms with Gasteiger partial charge in [-0.05, 0) is 30.5 Å². The fourth-order valence-corrected chi connectivity index (χ4v) is 2.93. The number of hydrogen-bond donors (Lipinski definition) is 2. The first kappa shape index (κ1) is 16.4. The molecule has 0 aromatic heterocycles. The molecule has 0 aliphatic heterocycles. The molecule has 0 bridgehead atoms. The molecule has 0 saturated heterocycles. The number of nitrogens with two attached hydrogens (primary N) is 2. The molecule has 5 heteroatoms. The van der Waals surface area contributed by atoms with Gasteiger partial charge in [0.2, 0.25) is 0 Å². The fourth-order valence-electron chi connectivity index (χ4n) is 2.93. The zero-order valence-corrected chi connectivity index (χ0v) is 13.3. The first-order valence-electron chi connectivity index (χ1n) is 7.59. The number of nitrogens with zero attached hydrogens (tertiary/aromatic N) is 1. The van der Waals surface area contributed by atoms with Crippen molar-refractivity contribution in [3.63, 3.8) is 0 Å². The molecular weight excluding hydrogens is 278 g/mol. The fraction of sp³-hybridized carbons (Fsp3) is 0.471. The lowest BCUT2D eigenvalue weighted by atomic mass is 9.82. The van der Waals surface area contributed by atoms with Gasteiger partial charge in [0.15, 0.2) is 11.5 Å². The smallest absolute Gasteiger partial charge is 0.167 e. The highest BCUT2D eigenvalue weighted by atomic mass is 16.5. The van der Waals surface area contributed by atoms with Crippen LogP contribution in [0.3, 0.4) is 0 Å². The van der Waals surface area contributed by atoms with Gasteiger partial charge in [-0.1, -0.05) is 31.4 Å². The number of rotatable bonds is 5. The summed E-state index contributed by atoms with van der Waals surface area (Å²) >= 11 is 0. The molecule has 1 aromatic rings. The van der Waals surface area contributed by atoms with Crippen LogP contribution >= 0.6 is 0 Å². The Morgan fingerprint density at radius 1 is 1.14 bits per heavy atom. The summed E-state index contributed by atoms with van der Waals surface area (Å²) in [5.41, 5.74) is 8.00. The molecule has 0 atom stereocenters. The highest BCUT2D eigenvalue weighted by Crippen LogP contribution is 2.34. The lowest BCUT2D eigenvalue weighted by Crippen LogP contribution is -2.39. The number of hydrogen-bond acceptors (Lipinski definition) is 5. The minimum absolute atomic E-state index is 0.228. The van der Waals surface area contributed by atoms with Gasteiger partial charge >= 0.3 is 0 Å². The van der Waals surface area contributed by atoms with E-state index in [-0.39, 0.29) is 5.54 Å². The highest BCUT2D eigenvalue weighted by Gasteiger charge is 2.24. The van der Waals surface area contributed by atoms with Crippen LogP contribution in [0.25, 0.3) is 6.08 Å². The van der Waals surface area contributed by atoms with Gasteiger partial charge in [0.1, 0.15) is 0 Å². The van der Waals surface area contributed by atoms with Crippen LogP contribution in [0.15, 0.2) is 23.3 Å². The van der Waals surface area contributed by atoms with E-state index in [1.165, 1.54) is 19.3 Å². The lowest BCUT2D eigenvalue weighted by molar-refractivity contribution is 0.353. The van der Waals surface area contributed by atoms with Crippen molar-refractivity contribution in [2.45, 2.75) is 37.6 Å². The largest absolute Gasteiger partial charge is 0.493 e. The van der Waals surface area contributed by atoms with E-state index in [1.807, 2.05) is 18.2 Å². The molecule has 0 spiro atoms. The Balaban J connectivity index is 2.37. The third kappa shape index (κ3) is 3.80. The summed E-state index contributed by atoms with van der Waals surface area (Å²) < 4.78 is 10.9. The summed E-state index contributed by atoms with van der Waals surface area (Å²) in [7, 11) is 3.24. The van der Waals surface area contributed by atoms with Gasteiger partial charge in [-0.3, -0.25) is 0 Å². The third-order valence-electron chi connectivity index (χ3n) is 4.13. The van der Waals surface area contributed by atoms with E-state index in [9.17, 15) is 0 Å². The summed E-state index contributed by atoms with van der Waals surface area (Å²) in [4.78, 5) is 0. The molecule has 1 aliphatic carbocycles. The van der Waals surface area contributed by atoms with Gasteiger partial charge in [-0.15, -0.1) is 0 Å². The van der Waals surface area contributed by atoms with Gasteiger partial charge in [0, 0.05) is 11.1 Å². The Morgan fingerprint density at radius 3 is 2.45 bits per heavy atom. The molecule has 5 nitrogen and oxygen atoms in total. The van der Waals surface area contributed by atoms with Crippen molar-refractivity contribution in [2.75, 3.05) is 14.2 Å². The summed E-state index contributed by atoms with van der Waals surface area (Å²) in [6, 6.07) is 3.80. The van der Waals surface area contributed by atoms with Crippen LogP contribution in [-0.2, 0) is 0 Å². The van der Waals surface area contributed by atoms with Gasteiger partial charge in [-0.2, -0.15) is 5.10 Å². The van der Waals surface area contributed by atoms with E-state index >= 15 is 0 Å². The number of hydrazone groups is 1. The second kappa shape index (κ2) is 7.31. The van der Waals surface area contributed by atoms with Crippen molar-refractivity contribution in [1.29, 1.82) is 0 Å². The predicted molar refractivity (Wildman–Crippen MR) is 90.4 cm³/mol. The van der Waals surface area contributed by atoms with Gasteiger partial charge in [0.05, 0.1) is 20.4 Å². The van der Waals surface area contributed by atoms with Crippen molar-refractivity contribution in [3.8, 4) is 11.5 Å². The van der Waals surface area contributed by atoms with Gasteiger partial charge < -0.3 is 21.1 Å². The molecule has 0 heterocycles. The van der Waals surface area contributed by atoms with Crippen LogP contribution in [0.5, 0.6) is 11.5 Å². The van der Waals surface area contributed by atoms with Gasteiger partial charge in [0.25, 0.3) is 0 Å². The van der Waals surface area contributed by atoms with Crippen molar-refractivity contribution in [1.82, 2.24) is 0 Å². The van der Waals surface area contributed by atoms with Crippen LogP contribution in [0, 0.1) is 0 Å². The maximum atomic E-state index is 6.46. The van der Waals surface area contributed by atoms with Crippen molar-refractivity contribution < 1.29 is 9.47 Å². The molecule has 1 saturated carbocycles. The minimum atomic E-state index is -0.228. The summed E-state index contributed by atoms with van der Waals surface area (Å²) in [6.45, 7) is 0. The molecule has 1 aromatic carbocycles. The summed E-state index contributed by atoms with van der Waals surface area (Å²) in [5.74, 6) is 6.58. The molecule has 1 fully saturated rings. The first-order chi connectivity index (χ1) is 10.6. The quantitative estimate of drug-likeness (QED) is 0.497. The molecular formula is C17H25N3O2. The molecule has 22 heavy (non-hydrogen) atoms. The predicted octanol–water partition coefficient (Wildman–Crippen LogP) is 2.67. The van der Waals surface area contributed by atoms with Crippen molar-refractivity contribution in [3.05, 3.63) is 29.3 Å². The van der Waals surface area contributed by atoms with Crippen LogP contribution < -0.4 is 21.1 Å². The first-order valence-corrected chi connectivity index (χ1v) is 7.59. The van der Waals surface area contributed by atoms with Crippen LogP contribution in [-0.4, -0.2) is 26.0 Å². The zero-order valence-electron chi connectivity index (χ0n) is 13.3. The van der Waals surface area contributed by atoms with E-state index in [0.29, 0.717) is 11.5 Å². The maximum absolute atomic E-state index is 6.46. The third-order valence-corrected chi connectivity index (χ3v) is 4.13. The maximum Gasteiger partial charge on any atom is 0.167 e. The monoisotopic (exact) mass is 303 g/mol. The Kier molecular flexibility index (Phi) is 5.44. The molecule has 0 radical (unpaired) electrons. The number of methoxy groups -OCH3 is 2. The molecule has 0 amide bonds. The normalized spacial score (nSPS) is 18.0. The number of benzene rings is 1. The number of ether oxygens (including phenoxy) is 2. The molecule has 0 unspecified atom stereocenters. The molecule has 120 valence electrons. The average Bonchev–Trinajstić information content (AvgIpc) is 2.53. The Bertz CT molecular complexity index is 561. The standard InChI is InChI=1S/C17H25N3O2/c1-21-15-11-13(12-20-19)10-14(16(15)22-2)6-9-17(18)7-4-3-5-8-17/h6,9-12H,3-5,7-8,18-19H2,1-2H3. The second-order valence-corrected chi connectivity index (χ2v) is 5.75. The second-order valence-electron chi connectivity index (χ2n) is 5.75. The molecule has 2 rings (SSSR count). The van der Waals surface area contributed by atoms with E-state index in [1.54, 1.807) is 20.4 Å². The Hall–Kier alpha value is -2.01. The van der Waals surface area contributed by atoms with Crippen molar-refractivity contribution in [2.24, 2.45) is 16.7 Å².